The average Bonchev–Trinajstić information content (AvgIpc) is 3.04. The lowest BCUT2D eigenvalue weighted by atomic mass is 9.90. The molecule has 1 aromatic rings. The largest absolute Gasteiger partial charge is 0.325 e. The molecule has 2 aliphatic rings. The summed E-state index contributed by atoms with van der Waals surface area (Å²) in [5.41, 5.74) is 1.49. The molecule has 1 aromatic heterocycles. The fourth-order valence-electron chi connectivity index (χ4n) is 2.43. The molecule has 1 atom stereocenters. The van der Waals surface area contributed by atoms with Crippen molar-refractivity contribution in [1.29, 1.82) is 0 Å². The number of thiophene rings is 1. The fourth-order valence-corrected chi connectivity index (χ4v) is 3.95. The molecule has 1 aliphatic carbocycles. The van der Waals surface area contributed by atoms with Crippen LogP contribution in [0.1, 0.15) is 11.3 Å². The first kappa shape index (κ1) is 14.1. The average molecular weight is 320 g/mol. The Morgan fingerprint density at radius 3 is 2.95 bits per heavy atom. The van der Waals surface area contributed by atoms with Crippen LogP contribution in [0, 0.1) is 16.0 Å². The van der Waals surface area contributed by atoms with Crippen molar-refractivity contribution in [2.24, 2.45) is 5.92 Å². The van der Waals surface area contributed by atoms with Gasteiger partial charge in [0.2, 0.25) is 5.70 Å². The summed E-state index contributed by atoms with van der Waals surface area (Å²) in [4.78, 5) is 23.6. The zero-order valence-electron chi connectivity index (χ0n) is 11.2. The highest BCUT2D eigenvalue weighted by atomic mass is 32.2. The third kappa shape index (κ3) is 2.66. The number of thioether (sulfide) groups is 1. The monoisotopic (exact) mass is 320 g/mol. The number of allylic oxidation sites excluding steroid dienone is 4. The molecule has 2 heterocycles. The van der Waals surface area contributed by atoms with Gasteiger partial charge in [0.1, 0.15) is 0 Å². The number of carbonyl (C=O) groups excluding carboxylic acids is 1. The Morgan fingerprint density at radius 2 is 2.29 bits per heavy atom. The number of fused-ring (bicyclic) bond motifs is 1. The molecule has 1 saturated heterocycles. The second-order valence-electron chi connectivity index (χ2n) is 4.71. The van der Waals surface area contributed by atoms with Crippen LogP contribution in [0.5, 0.6) is 0 Å². The van der Waals surface area contributed by atoms with Crippen LogP contribution in [0.2, 0.25) is 0 Å². The Bertz CT molecular complexity index is 716. The smallest absolute Gasteiger partial charge is 0.252 e. The Balaban J connectivity index is 1.92. The van der Waals surface area contributed by atoms with Crippen LogP contribution < -0.4 is 5.32 Å². The second-order valence-corrected chi connectivity index (χ2v) is 6.93. The van der Waals surface area contributed by atoms with Gasteiger partial charge in [-0.15, -0.1) is 23.1 Å². The van der Waals surface area contributed by atoms with E-state index in [1.165, 1.54) is 10.3 Å². The molecule has 3 rings (SSSR count). The number of nitro groups is 1. The molecule has 108 valence electrons. The van der Waals surface area contributed by atoms with Crippen LogP contribution in [0.25, 0.3) is 6.08 Å². The highest BCUT2D eigenvalue weighted by molar-refractivity contribution is 8.00. The summed E-state index contributed by atoms with van der Waals surface area (Å²) in [7, 11) is 0. The number of nitrogens with one attached hydrogen (secondary N) is 1. The fraction of sp³-hybridized carbons (Fsp3) is 0.214. The van der Waals surface area contributed by atoms with E-state index in [1.54, 1.807) is 29.2 Å². The van der Waals surface area contributed by atoms with Gasteiger partial charge >= 0.3 is 0 Å². The van der Waals surface area contributed by atoms with Crippen molar-refractivity contribution in [3.05, 3.63) is 56.2 Å². The minimum Gasteiger partial charge on any atom is -0.325 e. The lowest BCUT2D eigenvalue weighted by Gasteiger charge is -2.13. The van der Waals surface area contributed by atoms with Crippen molar-refractivity contribution >= 4 is 35.1 Å². The Hall–Kier alpha value is -1.86. The van der Waals surface area contributed by atoms with Crippen LogP contribution in [0.4, 0.5) is 0 Å². The van der Waals surface area contributed by atoms with Crippen LogP contribution in [0.3, 0.4) is 0 Å². The lowest BCUT2D eigenvalue weighted by molar-refractivity contribution is -0.428. The molecule has 0 saturated carbocycles. The molecule has 0 bridgehead atoms. The number of rotatable bonds is 3. The van der Waals surface area contributed by atoms with Gasteiger partial charge in [-0.3, -0.25) is 14.9 Å². The highest BCUT2D eigenvalue weighted by Gasteiger charge is 2.37. The number of hydrogen-bond acceptors (Lipinski definition) is 5. The van der Waals surface area contributed by atoms with Gasteiger partial charge in [0.15, 0.2) is 0 Å². The number of nitrogens with zero attached hydrogens (tertiary/aromatic N) is 1. The molecule has 0 radical (unpaired) electrons. The molecule has 1 unspecified atom stereocenters. The van der Waals surface area contributed by atoms with E-state index in [0.717, 1.165) is 10.6 Å². The molecule has 0 spiro atoms. The van der Waals surface area contributed by atoms with Crippen LogP contribution in [-0.2, 0) is 4.79 Å². The topological polar surface area (TPSA) is 72.2 Å². The predicted molar refractivity (Wildman–Crippen MR) is 83.5 cm³/mol. The van der Waals surface area contributed by atoms with Gasteiger partial charge in [-0.1, -0.05) is 0 Å². The highest BCUT2D eigenvalue weighted by Crippen LogP contribution is 2.37. The van der Waals surface area contributed by atoms with Crippen molar-refractivity contribution in [2.45, 2.75) is 10.6 Å². The summed E-state index contributed by atoms with van der Waals surface area (Å²) in [6.45, 7) is 0. The molecule has 1 fully saturated rings. The summed E-state index contributed by atoms with van der Waals surface area (Å²) < 4.78 is 1.17. The van der Waals surface area contributed by atoms with E-state index in [-0.39, 0.29) is 28.9 Å². The Labute approximate surface area is 129 Å². The third-order valence-electron chi connectivity index (χ3n) is 3.48. The van der Waals surface area contributed by atoms with E-state index in [1.807, 2.05) is 24.5 Å². The van der Waals surface area contributed by atoms with Gasteiger partial charge in [0, 0.05) is 28.1 Å². The van der Waals surface area contributed by atoms with Gasteiger partial charge < -0.3 is 5.32 Å². The Kier molecular flexibility index (Phi) is 3.69. The van der Waals surface area contributed by atoms with Crippen molar-refractivity contribution < 1.29 is 9.72 Å². The van der Waals surface area contributed by atoms with Gasteiger partial charge in [-0.05, 0) is 30.5 Å². The molecule has 5 nitrogen and oxygen atoms in total. The zero-order chi connectivity index (χ0) is 15.0. The number of hydrogen-bond donors (Lipinski definition) is 1. The maximum absolute atomic E-state index is 12.1. The number of amides is 1. The second kappa shape index (κ2) is 5.50. The summed E-state index contributed by atoms with van der Waals surface area (Å²) in [6.07, 6.45) is 7.19. The number of carbonyl (C=O) groups is 1. The molecule has 0 aromatic carbocycles. The van der Waals surface area contributed by atoms with E-state index in [2.05, 4.69) is 5.32 Å². The standard InChI is InChI=1S/C14H12N2O3S2/c1-20-13-5-3-9(21-13)7-11-10-6-8(16(18)19)2-4-12(10)15-14(11)17/h2-5,7,10H,6H2,1H3,(H,15,17). The van der Waals surface area contributed by atoms with Gasteiger partial charge in [-0.25, -0.2) is 0 Å². The molecule has 7 heteroatoms. The molecular formula is C14H12N2O3S2. The predicted octanol–water partition coefficient (Wildman–Crippen LogP) is 3.05. The molecule has 1 aliphatic heterocycles. The van der Waals surface area contributed by atoms with Gasteiger partial charge in [-0.2, -0.15) is 0 Å². The minimum atomic E-state index is -0.384. The quantitative estimate of drug-likeness (QED) is 0.402. The third-order valence-corrected chi connectivity index (χ3v) is 5.59. The molecule has 1 N–H and O–H groups in total. The van der Waals surface area contributed by atoms with Crippen molar-refractivity contribution in [3.8, 4) is 0 Å². The van der Waals surface area contributed by atoms with Crippen LogP contribution >= 0.6 is 23.1 Å². The van der Waals surface area contributed by atoms with Crippen molar-refractivity contribution in [3.63, 3.8) is 0 Å². The summed E-state index contributed by atoms with van der Waals surface area (Å²) in [5, 5.41) is 13.7. The minimum absolute atomic E-state index is 0.141. The zero-order valence-corrected chi connectivity index (χ0v) is 12.8. The first-order valence-corrected chi connectivity index (χ1v) is 8.34. The maximum Gasteiger partial charge on any atom is 0.252 e. The van der Waals surface area contributed by atoms with Crippen molar-refractivity contribution in [1.82, 2.24) is 5.32 Å². The first-order valence-electron chi connectivity index (χ1n) is 6.30. The van der Waals surface area contributed by atoms with E-state index in [4.69, 9.17) is 0 Å². The maximum atomic E-state index is 12.1. The first-order chi connectivity index (χ1) is 10.1. The van der Waals surface area contributed by atoms with E-state index >= 15 is 0 Å². The van der Waals surface area contributed by atoms with Crippen molar-refractivity contribution in [2.75, 3.05) is 6.26 Å². The van der Waals surface area contributed by atoms with E-state index < -0.39 is 0 Å². The van der Waals surface area contributed by atoms with E-state index in [0.29, 0.717) is 5.57 Å². The Morgan fingerprint density at radius 1 is 1.48 bits per heavy atom. The SMILES string of the molecule is CSc1ccc(C=C2C(=O)NC3=CC=C([N+](=O)[O-])CC32)s1. The van der Waals surface area contributed by atoms with Gasteiger partial charge in [0.05, 0.1) is 15.6 Å². The molecule has 21 heavy (non-hydrogen) atoms. The van der Waals surface area contributed by atoms with Gasteiger partial charge in [0.25, 0.3) is 5.91 Å². The summed E-state index contributed by atoms with van der Waals surface area (Å²) in [6, 6.07) is 3.97. The molecular weight excluding hydrogens is 308 g/mol. The van der Waals surface area contributed by atoms with Crippen LogP contribution in [0.15, 0.2) is 45.5 Å². The summed E-state index contributed by atoms with van der Waals surface area (Å²) >= 11 is 3.26. The molecule has 1 amide bonds. The normalized spacial score (nSPS) is 22.6. The summed E-state index contributed by atoms with van der Waals surface area (Å²) in [5.74, 6) is -0.397. The lowest BCUT2D eigenvalue weighted by Crippen LogP contribution is -2.15. The van der Waals surface area contributed by atoms with E-state index in [9.17, 15) is 14.9 Å². The van der Waals surface area contributed by atoms with Crippen LogP contribution in [-0.4, -0.2) is 17.1 Å².